The Morgan fingerprint density at radius 3 is 2.35 bits per heavy atom. The first-order valence-electron chi connectivity index (χ1n) is 7.65. The number of hydrogen-bond acceptors (Lipinski definition) is 6. The van der Waals surface area contributed by atoms with Gasteiger partial charge in [-0.15, -0.1) is 10.2 Å². The van der Waals surface area contributed by atoms with Crippen molar-refractivity contribution in [3.05, 3.63) is 59.7 Å². The molecule has 0 saturated carbocycles. The van der Waals surface area contributed by atoms with Crippen molar-refractivity contribution in [1.29, 1.82) is 0 Å². The summed E-state index contributed by atoms with van der Waals surface area (Å²) in [6, 6.07) is 12.8. The molecule has 0 heterocycles. The van der Waals surface area contributed by atoms with E-state index in [1.54, 1.807) is 18.2 Å². The van der Waals surface area contributed by atoms with Crippen LogP contribution in [0, 0.1) is 6.92 Å². The van der Waals surface area contributed by atoms with Crippen LogP contribution in [0.2, 0.25) is 0 Å². The Kier molecular flexibility index (Phi) is 4.73. The molecule has 3 N–H and O–H groups in total. The predicted molar refractivity (Wildman–Crippen MR) is 96.7 cm³/mol. The molecule has 0 aliphatic carbocycles. The van der Waals surface area contributed by atoms with Gasteiger partial charge in [0.25, 0.3) is 10.1 Å². The number of aromatic hydroxyl groups is 1. The van der Waals surface area contributed by atoms with Crippen LogP contribution in [0.25, 0.3) is 10.8 Å². The summed E-state index contributed by atoms with van der Waals surface area (Å²) in [6.45, 7) is 1.56. The van der Waals surface area contributed by atoms with E-state index in [0.29, 0.717) is 10.9 Å². The van der Waals surface area contributed by atoms with Crippen molar-refractivity contribution >= 4 is 32.3 Å². The van der Waals surface area contributed by atoms with E-state index in [2.05, 4.69) is 10.2 Å². The Balaban J connectivity index is 2.07. The fraction of sp³-hybridized carbons (Fsp3) is 0.111. The van der Waals surface area contributed by atoms with Gasteiger partial charge in [-0.1, -0.05) is 35.9 Å². The first-order valence-corrected chi connectivity index (χ1v) is 9.09. The molecule has 0 spiro atoms. The summed E-state index contributed by atoms with van der Waals surface area (Å²) in [5, 5.41) is 28.7. The number of benzene rings is 3. The van der Waals surface area contributed by atoms with Crippen LogP contribution in [0.3, 0.4) is 0 Å². The molecule has 3 aromatic carbocycles. The largest absolute Gasteiger partial charge is 0.505 e. The Morgan fingerprint density at radius 1 is 0.962 bits per heavy atom. The van der Waals surface area contributed by atoms with Gasteiger partial charge in [-0.2, -0.15) is 8.42 Å². The van der Waals surface area contributed by atoms with E-state index in [4.69, 9.17) is 5.11 Å². The summed E-state index contributed by atoms with van der Waals surface area (Å²) in [4.78, 5) is -0.469. The Morgan fingerprint density at radius 2 is 1.65 bits per heavy atom. The monoisotopic (exact) mass is 372 g/mol. The smallest absolute Gasteiger partial charge is 0.296 e. The lowest BCUT2D eigenvalue weighted by Gasteiger charge is -2.06. The zero-order valence-electron chi connectivity index (χ0n) is 13.8. The lowest BCUT2D eigenvalue weighted by Crippen LogP contribution is -1.99. The maximum Gasteiger partial charge on any atom is 0.296 e. The van der Waals surface area contributed by atoms with Crippen LogP contribution in [0.4, 0.5) is 11.4 Å². The molecular formula is C18H16N2O5S. The van der Waals surface area contributed by atoms with Gasteiger partial charge in [0.05, 0.1) is 6.61 Å². The highest BCUT2D eigenvalue weighted by Gasteiger charge is 2.16. The van der Waals surface area contributed by atoms with Gasteiger partial charge in [0.2, 0.25) is 0 Å². The summed E-state index contributed by atoms with van der Waals surface area (Å²) >= 11 is 0. The third-order valence-electron chi connectivity index (χ3n) is 3.88. The summed E-state index contributed by atoms with van der Waals surface area (Å²) in [7, 11) is -4.55. The molecule has 3 rings (SSSR count). The highest BCUT2D eigenvalue weighted by molar-refractivity contribution is 7.86. The predicted octanol–water partition coefficient (Wildman–Crippen LogP) is 4.01. The van der Waals surface area contributed by atoms with Gasteiger partial charge in [0.15, 0.2) is 5.75 Å². The van der Waals surface area contributed by atoms with Crippen molar-refractivity contribution in [3.8, 4) is 5.75 Å². The van der Waals surface area contributed by atoms with E-state index in [1.165, 1.54) is 12.1 Å². The second kappa shape index (κ2) is 6.83. The molecule has 0 aliphatic heterocycles. The van der Waals surface area contributed by atoms with E-state index in [-0.39, 0.29) is 23.7 Å². The normalized spacial score (nSPS) is 12.1. The van der Waals surface area contributed by atoms with Crippen LogP contribution in [0.1, 0.15) is 11.1 Å². The number of fused-ring (bicyclic) bond motifs is 1. The van der Waals surface area contributed by atoms with Crippen LogP contribution in [0.5, 0.6) is 5.75 Å². The number of azo groups is 1. The van der Waals surface area contributed by atoms with Crippen molar-refractivity contribution in [2.24, 2.45) is 10.2 Å². The minimum absolute atomic E-state index is 0.0772. The van der Waals surface area contributed by atoms with Gasteiger partial charge >= 0.3 is 0 Å². The number of nitrogens with zero attached hydrogens (tertiary/aromatic N) is 2. The number of aliphatic hydroxyl groups excluding tert-OH is 1. The third kappa shape index (κ3) is 3.57. The average molecular weight is 372 g/mol. The summed E-state index contributed by atoms with van der Waals surface area (Å²) in [5.41, 5.74) is 1.41. The maximum absolute atomic E-state index is 11.5. The Bertz CT molecular complexity index is 1120. The summed E-state index contributed by atoms with van der Waals surface area (Å²) in [6.07, 6.45) is 0. The topological polar surface area (TPSA) is 120 Å². The molecule has 3 aromatic rings. The van der Waals surface area contributed by atoms with Gasteiger partial charge < -0.3 is 10.2 Å². The average Bonchev–Trinajstić information content (AvgIpc) is 2.60. The van der Waals surface area contributed by atoms with Crippen molar-refractivity contribution in [3.63, 3.8) is 0 Å². The number of aryl methyl sites for hydroxylation is 1. The molecule has 0 atom stereocenters. The molecule has 0 aliphatic rings. The molecule has 0 amide bonds. The molecule has 0 radical (unpaired) electrons. The summed E-state index contributed by atoms with van der Waals surface area (Å²) < 4.78 is 32.4. The molecule has 0 aromatic heterocycles. The Labute approximate surface area is 150 Å². The second-order valence-corrected chi connectivity index (χ2v) is 7.18. The fourth-order valence-corrected chi connectivity index (χ4v) is 3.23. The highest BCUT2D eigenvalue weighted by atomic mass is 32.2. The molecule has 0 unspecified atom stereocenters. The van der Waals surface area contributed by atoms with Crippen molar-refractivity contribution in [2.45, 2.75) is 18.4 Å². The highest BCUT2D eigenvalue weighted by Crippen LogP contribution is 2.36. The molecule has 7 nitrogen and oxygen atoms in total. The van der Waals surface area contributed by atoms with Gasteiger partial charge in [-0.05, 0) is 36.1 Å². The summed E-state index contributed by atoms with van der Waals surface area (Å²) in [5.74, 6) is -0.0772. The quantitative estimate of drug-likeness (QED) is 0.472. The number of phenols is 1. The van der Waals surface area contributed by atoms with Gasteiger partial charge in [0, 0.05) is 5.39 Å². The lowest BCUT2D eigenvalue weighted by molar-refractivity contribution is 0.281. The van der Waals surface area contributed by atoms with Crippen LogP contribution in [0.15, 0.2) is 63.7 Å². The molecule has 0 fully saturated rings. The van der Waals surface area contributed by atoms with Crippen molar-refractivity contribution in [2.75, 3.05) is 0 Å². The zero-order chi connectivity index (χ0) is 18.9. The first-order chi connectivity index (χ1) is 12.3. The number of hydrogen-bond donors (Lipinski definition) is 3. The van der Waals surface area contributed by atoms with E-state index < -0.39 is 15.0 Å². The Hall–Kier alpha value is -2.81. The minimum atomic E-state index is -4.55. The molecule has 26 heavy (non-hydrogen) atoms. The minimum Gasteiger partial charge on any atom is -0.505 e. The second-order valence-electron chi connectivity index (χ2n) is 5.79. The van der Waals surface area contributed by atoms with Crippen LogP contribution in [-0.2, 0) is 16.7 Å². The van der Waals surface area contributed by atoms with Crippen LogP contribution >= 0.6 is 0 Å². The fourth-order valence-electron chi connectivity index (χ4n) is 2.56. The SMILES string of the molecule is Cc1ccc2c(O)c(N=Nc3ccc(CO)cc3S(=O)(=O)O)ccc2c1. The van der Waals surface area contributed by atoms with Crippen LogP contribution in [-0.4, -0.2) is 23.2 Å². The van der Waals surface area contributed by atoms with E-state index >= 15 is 0 Å². The number of rotatable bonds is 4. The zero-order valence-corrected chi connectivity index (χ0v) is 14.6. The lowest BCUT2D eigenvalue weighted by atomic mass is 10.1. The molecule has 8 heteroatoms. The first kappa shape index (κ1) is 18.0. The van der Waals surface area contributed by atoms with E-state index in [1.807, 2.05) is 19.1 Å². The number of phenolic OH excluding ortho intramolecular Hbond substituents is 1. The van der Waals surface area contributed by atoms with Crippen molar-refractivity contribution in [1.82, 2.24) is 0 Å². The van der Waals surface area contributed by atoms with Gasteiger partial charge in [-0.25, -0.2) is 0 Å². The van der Waals surface area contributed by atoms with Gasteiger partial charge in [0.1, 0.15) is 16.3 Å². The van der Waals surface area contributed by atoms with Crippen LogP contribution < -0.4 is 0 Å². The maximum atomic E-state index is 11.5. The molecule has 0 saturated heterocycles. The van der Waals surface area contributed by atoms with Gasteiger partial charge in [-0.3, -0.25) is 4.55 Å². The standard InChI is InChI=1S/C18H16N2O5S/c1-11-2-5-14-13(8-11)4-7-16(18(14)22)20-19-15-6-3-12(10-21)9-17(15)26(23,24)25/h2-9,21-22H,10H2,1H3,(H,23,24,25). The molecule has 134 valence electrons. The third-order valence-corrected chi connectivity index (χ3v) is 4.76. The molecule has 0 bridgehead atoms. The number of aliphatic hydroxyl groups is 1. The van der Waals surface area contributed by atoms with Crippen molar-refractivity contribution < 1.29 is 23.2 Å². The molecular weight excluding hydrogens is 356 g/mol. The van der Waals surface area contributed by atoms with E-state index in [9.17, 15) is 18.1 Å². The van der Waals surface area contributed by atoms with E-state index in [0.717, 1.165) is 17.0 Å².